The Balaban J connectivity index is 1.79. The van der Waals surface area contributed by atoms with Crippen molar-refractivity contribution < 1.29 is 5.11 Å². The fraction of sp³-hybridized carbons (Fsp3) is 0.222. The summed E-state index contributed by atoms with van der Waals surface area (Å²) in [5, 5.41) is 13.9. The third-order valence-electron chi connectivity index (χ3n) is 3.67. The minimum absolute atomic E-state index is 0.563. The van der Waals surface area contributed by atoms with Gasteiger partial charge in [0.25, 0.3) is 0 Å². The van der Waals surface area contributed by atoms with Gasteiger partial charge in [0.1, 0.15) is 5.82 Å². The van der Waals surface area contributed by atoms with Gasteiger partial charge < -0.3 is 10.0 Å². The maximum Gasteiger partial charge on any atom is 0.128 e. The zero-order valence-electron chi connectivity index (χ0n) is 13.3. The molecule has 118 valence electrons. The zero-order chi connectivity index (χ0) is 16.2. The average Bonchev–Trinajstić information content (AvgIpc) is 3.10. The van der Waals surface area contributed by atoms with E-state index >= 15 is 0 Å². The van der Waals surface area contributed by atoms with Crippen LogP contribution in [0.1, 0.15) is 24.3 Å². The van der Waals surface area contributed by atoms with Crippen LogP contribution in [0.5, 0.6) is 0 Å². The van der Waals surface area contributed by atoms with Crippen LogP contribution in [-0.2, 0) is 6.54 Å². The van der Waals surface area contributed by atoms with Crippen LogP contribution in [0.25, 0.3) is 5.69 Å². The van der Waals surface area contributed by atoms with Gasteiger partial charge in [-0.1, -0.05) is 18.2 Å². The Hall–Kier alpha value is -2.66. The van der Waals surface area contributed by atoms with E-state index in [9.17, 15) is 5.11 Å². The first-order chi connectivity index (χ1) is 11.1. The lowest BCUT2D eigenvalue weighted by Crippen LogP contribution is -2.18. The van der Waals surface area contributed by atoms with Crippen LogP contribution < -0.4 is 4.90 Å². The molecule has 0 aliphatic heterocycles. The number of pyridine rings is 1. The topological polar surface area (TPSA) is 54.2 Å². The van der Waals surface area contributed by atoms with E-state index in [1.807, 2.05) is 54.3 Å². The third-order valence-corrected chi connectivity index (χ3v) is 3.67. The molecule has 0 aliphatic carbocycles. The largest absolute Gasteiger partial charge is 0.387 e. The van der Waals surface area contributed by atoms with Gasteiger partial charge >= 0.3 is 0 Å². The number of hydrogen-bond donors (Lipinski definition) is 1. The van der Waals surface area contributed by atoms with Gasteiger partial charge in [0.05, 0.1) is 17.5 Å². The number of anilines is 1. The Labute approximate surface area is 135 Å². The highest BCUT2D eigenvalue weighted by Crippen LogP contribution is 2.18. The lowest BCUT2D eigenvalue weighted by Gasteiger charge is -2.19. The Morgan fingerprint density at radius 2 is 2.00 bits per heavy atom. The first kappa shape index (κ1) is 15.2. The molecule has 1 aromatic carbocycles. The number of aliphatic hydroxyl groups is 1. The zero-order valence-corrected chi connectivity index (χ0v) is 13.3. The summed E-state index contributed by atoms with van der Waals surface area (Å²) in [4.78, 5) is 6.56. The number of benzene rings is 1. The molecule has 3 rings (SSSR count). The standard InChI is InChI=1S/C18H20N4O/c1-14(23)17-8-4-9-18(20-17)21(2)13-15-6-3-7-16(12-15)22-11-5-10-19-22/h3-12,14,23H,13H2,1-2H3/t14-/m0/s1. The third kappa shape index (κ3) is 3.57. The highest BCUT2D eigenvalue weighted by atomic mass is 16.3. The Bertz CT molecular complexity index is 768. The van der Waals surface area contributed by atoms with Crippen molar-refractivity contribution in [2.24, 2.45) is 0 Å². The Morgan fingerprint density at radius 1 is 1.17 bits per heavy atom. The van der Waals surface area contributed by atoms with Gasteiger partial charge in [-0.3, -0.25) is 0 Å². The van der Waals surface area contributed by atoms with Crippen LogP contribution >= 0.6 is 0 Å². The molecule has 0 radical (unpaired) electrons. The maximum atomic E-state index is 9.67. The molecular formula is C18H20N4O. The van der Waals surface area contributed by atoms with E-state index in [2.05, 4.69) is 27.1 Å². The monoisotopic (exact) mass is 308 g/mol. The Morgan fingerprint density at radius 3 is 2.74 bits per heavy atom. The van der Waals surface area contributed by atoms with Crippen molar-refractivity contribution in [3.05, 3.63) is 72.2 Å². The molecule has 23 heavy (non-hydrogen) atoms. The predicted octanol–water partition coefficient (Wildman–Crippen LogP) is 2.96. The summed E-state index contributed by atoms with van der Waals surface area (Å²) in [5.74, 6) is 0.841. The lowest BCUT2D eigenvalue weighted by atomic mass is 10.2. The van der Waals surface area contributed by atoms with Crippen LogP contribution in [0.2, 0.25) is 0 Å². The summed E-state index contributed by atoms with van der Waals surface area (Å²) in [6.45, 7) is 2.45. The molecule has 0 saturated heterocycles. The summed E-state index contributed by atoms with van der Waals surface area (Å²) in [6.07, 6.45) is 3.13. The van der Waals surface area contributed by atoms with Gasteiger partial charge in [0, 0.05) is 26.0 Å². The van der Waals surface area contributed by atoms with E-state index in [0.717, 1.165) is 18.1 Å². The molecule has 2 aromatic heterocycles. The minimum atomic E-state index is -0.563. The molecular weight excluding hydrogens is 288 g/mol. The molecule has 0 fully saturated rings. The minimum Gasteiger partial charge on any atom is -0.387 e. The summed E-state index contributed by atoms with van der Waals surface area (Å²) < 4.78 is 1.84. The lowest BCUT2D eigenvalue weighted by molar-refractivity contribution is 0.194. The predicted molar refractivity (Wildman–Crippen MR) is 90.5 cm³/mol. The van der Waals surface area contributed by atoms with Gasteiger partial charge in [0.2, 0.25) is 0 Å². The second-order valence-corrected chi connectivity index (χ2v) is 5.57. The molecule has 5 nitrogen and oxygen atoms in total. The van der Waals surface area contributed by atoms with Crippen LogP contribution in [-0.4, -0.2) is 26.9 Å². The normalized spacial score (nSPS) is 12.1. The molecule has 0 bridgehead atoms. The number of aliphatic hydroxyl groups excluding tert-OH is 1. The summed E-state index contributed by atoms with van der Waals surface area (Å²) >= 11 is 0. The smallest absolute Gasteiger partial charge is 0.128 e. The molecule has 3 aromatic rings. The van der Waals surface area contributed by atoms with Crippen molar-refractivity contribution in [2.45, 2.75) is 19.6 Å². The van der Waals surface area contributed by atoms with Crippen molar-refractivity contribution in [1.29, 1.82) is 0 Å². The summed E-state index contributed by atoms with van der Waals surface area (Å²) in [6, 6.07) is 15.9. The van der Waals surface area contributed by atoms with E-state index in [-0.39, 0.29) is 0 Å². The molecule has 0 spiro atoms. The van der Waals surface area contributed by atoms with Crippen molar-refractivity contribution in [3.63, 3.8) is 0 Å². The second-order valence-electron chi connectivity index (χ2n) is 5.57. The van der Waals surface area contributed by atoms with Crippen LogP contribution in [0.3, 0.4) is 0 Å². The molecule has 0 saturated carbocycles. The highest BCUT2D eigenvalue weighted by Gasteiger charge is 2.08. The first-order valence-electron chi connectivity index (χ1n) is 7.58. The molecule has 2 heterocycles. The molecule has 0 amide bonds. The molecule has 5 heteroatoms. The maximum absolute atomic E-state index is 9.67. The number of aromatic nitrogens is 3. The Kier molecular flexibility index (Phi) is 4.39. The number of hydrogen-bond acceptors (Lipinski definition) is 4. The van der Waals surface area contributed by atoms with Crippen molar-refractivity contribution in [1.82, 2.24) is 14.8 Å². The summed E-state index contributed by atoms with van der Waals surface area (Å²) in [5.41, 5.74) is 2.89. The SMILES string of the molecule is C[C@H](O)c1cccc(N(C)Cc2cccc(-n3cccn3)c2)n1. The quantitative estimate of drug-likeness (QED) is 0.787. The van der Waals surface area contributed by atoms with E-state index < -0.39 is 6.10 Å². The number of nitrogens with zero attached hydrogens (tertiary/aromatic N) is 4. The van der Waals surface area contributed by atoms with E-state index in [1.54, 1.807) is 13.1 Å². The summed E-state index contributed by atoms with van der Waals surface area (Å²) in [7, 11) is 1.99. The fourth-order valence-electron chi connectivity index (χ4n) is 2.46. The molecule has 1 atom stereocenters. The van der Waals surface area contributed by atoms with E-state index in [1.165, 1.54) is 5.56 Å². The van der Waals surface area contributed by atoms with Crippen molar-refractivity contribution in [2.75, 3.05) is 11.9 Å². The first-order valence-corrected chi connectivity index (χ1v) is 7.58. The van der Waals surface area contributed by atoms with Crippen LogP contribution in [0.15, 0.2) is 60.9 Å². The van der Waals surface area contributed by atoms with Gasteiger partial charge in [-0.15, -0.1) is 0 Å². The van der Waals surface area contributed by atoms with Gasteiger partial charge in [0.15, 0.2) is 0 Å². The molecule has 0 aliphatic rings. The van der Waals surface area contributed by atoms with Crippen LogP contribution in [0.4, 0.5) is 5.82 Å². The van der Waals surface area contributed by atoms with Gasteiger partial charge in [-0.2, -0.15) is 5.10 Å². The molecule has 0 unspecified atom stereocenters. The number of rotatable bonds is 5. The average molecular weight is 308 g/mol. The van der Waals surface area contributed by atoms with E-state index in [0.29, 0.717) is 5.69 Å². The van der Waals surface area contributed by atoms with Crippen LogP contribution in [0, 0.1) is 0 Å². The highest BCUT2D eigenvalue weighted by molar-refractivity contribution is 5.42. The van der Waals surface area contributed by atoms with Gasteiger partial charge in [-0.25, -0.2) is 9.67 Å². The molecule has 1 N–H and O–H groups in total. The van der Waals surface area contributed by atoms with Crippen molar-refractivity contribution >= 4 is 5.82 Å². The fourth-order valence-corrected chi connectivity index (χ4v) is 2.46. The van der Waals surface area contributed by atoms with Crippen molar-refractivity contribution in [3.8, 4) is 5.69 Å². The van der Waals surface area contributed by atoms with Gasteiger partial charge in [-0.05, 0) is 42.8 Å². The second kappa shape index (κ2) is 6.62. The van der Waals surface area contributed by atoms with E-state index in [4.69, 9.17) is 0 Å².